The SMILES string of the molecule is COc1ccc(N2CCN([C@@H](C)C(=O)Nc3ccc4c(c3)OCO4)CC2)cc1. The van der Waals surface area contributed by atoms with Crippen molar-refractivity contribution in [1.29, 1.82) is 0 Å². The van der Waals surface area contributed by atoms with E-state index in [9.17, 15) is 4.79 Å². The van der Waals surface area contributed by atoms with Crippen molar-refractivity contribution in [1.82, 2.24) is 4.90 Å². The molecule has 1 N–H and O–H groups in total. The quantitative estimate of drug-likeness (QED) is 0.856. The first-order chi connectivity index (χ1) is 13.6. The second kappa shape index (κ2) is 7.98. The van der Waals surface area contributed by atoms with Gasteiger partial charge in [0.15, 0.2) is 11.5 Å². The molecule has 0 unspecified atom stereocenters. The minimum atomic E-state index is -0.205. The Labute approximate surface area is 164 Å². The summed E-state index contributed by atoms with van der Waals surface area (Å²) >= 11 is 0. The number of hydrogen-bond acceptors (Lipinski definition) is 6. The van der Waals surface area contributed by atoms with Crippen LogP contribution in [-0.2, 0) is 4.79 Å². The Bertz CT molecular complexity index is 832. The lowest BCUT2D eigenvalue weighted by Gasteiger charge is -2.38. The summed E-state index contributed by atoms with van der Waals surface area (Å²) in [5, 5.41) is 2.98. The summed E-state index contributed by atoms with van der Waals surface area (Å²) in [5.74, 6) is 2.22. The van der Waals surface area contributed by atoms with Crippen molar-refractivity contribution in [2.45, 2.75) is 13.0 Å². The zero-order valence-electron chi connectivity index (χ0n) is 16.2. The van der Waals surface area contributed by atoms with Crippen LogP contribution in [0, 0.1) is 0 Å². The third-order valence-corrected chi connectivity index (χ3v) is 5.32. The molecule has 0 spiro atoms. The lowest BCUT2D eigenvalue weighted by Crippen LogP contribution is -2.52. The molecule has 0 bridgehead atoms. The molecule has 28 heavy (non-hydrogen) atoms. The predicted octanol–water partition coefficient (Wildman–Crippen LogP) is 2.57. The molecule has 2 aliphatic rings. The predicted molar refractivity (Wildman–Crippen MR) is 107 cm³/mol. The molecule has 1 saturated heterocycles. The third-order valence-electron chi connectivity index (χ3n) is 5.32. The summed E-state index contributed by atoms with van der Waals surface area (Å²) in [6, 6.07) is 13.3. The van der Waals surface area contributed by atoms with Gasteiger partial charge >= 0.3 is 0 Å². The first-order valence-electron chi connectivity index (χ1n) is 9.47. The number of rotatable bonds is 5. The number of nitrogens with zero attached hydrogens (tertiary/aromatic N) is 2. The molecule has 1 amide bonds. The van der Waals surface area contributed by atoms with E-state index in [-0.39, 0.29) is 18.7 Å². The van der Waals surface area contributed by atoms with E-state index in [1.54, 1.807) is 13.2 Å². The van der Waals surface area contributed by atoms with Crippen LogP contribution < -0.4 is 24.4 Å². The summed E-state index contributed by atoms with van der Waals surface area (Å²) in [4.78, 5) is 17.2. The zero-order valence-corrected chi connectivity index (χ0v) is 16.2. The largest absolute Gasteiger partial charge is 0.497 e. The highest BCUT2D eigenvalue weighted by Crippen LogP contribution is 2.34. The Balaban J connectivity index is 1.31. The maximum absolute atomic E-state index is 12.7. The minimum Gasteiger partial charge on any atom is -0.497 e. The van der Waals surface area contributed by atoms with Gasteiger partial charge in [-0.1, -0.05) is 0 Å². The third kappa shape index (κ3) is 3.84. The van der Waals surface area contributed by atoms with Gasteiger partial charge < -0.3 is 24.4 Å². The molecule has 0 aromatic heterocycles. The molecule has 1 fully saturated rings. The molecule has 2 aliphatic heterocycles. The van der Waals surface area contributed by atoms with Crippen molar-refractivity contribution in [3.8, 4) is 17.2 Å². The second-order valence-corrected chi connectivity index (χ2v) is 6.95. The highest BCUT2D eigenvalue weighted by Gasteiger charge is 2.26. The lowest BCUT2D eigenvalue weighted by atomic mass is 10.2. The van der Waals surface area contributed by atoms with Gasteiger partial charge in [0.1, 0.15) is 5.75 Å². The Morgan fingerprint density at radius 1 is 1.04 bits per heavy atom. The smallest absolute Gasteiger partial charge is 0.241 e. The molecule has 7 heteroatoms. The van der Waals surface area contributed by atoms with Crippen LogP contribution in [-0.4, -0.2) is 56.9 Å². The average Bonchev–Trinajstić information content (AvgIpc) is 3.21. The topological polar surface area (TPSA) is 63.3 Å². The van der Waals surface area contributed by atoms with Crippen molar-refractivity contribution in [3.63, 3.8) is 0 Å². The number of carbonyl (C=O) groups is 1. The first kappa shape index (κ1) is 18.4. The second-order valence-electron chi connectivity index (χ2n) is 6.95. The molecule has 0 aliphatic carbocycles. The summed E-state index contributed by atoms with van der Waals surface area (Å²) < 4.78 is 15.9. The minimum absolute atomic E-state index is 0.0169. The fourth-order valence-electron chi connectivity index (χ4n) is 3.55. The molecular formula is C21H25N3O4. The van der Waals surface area contributed by atoms with Crippen LogP contribution >= 0.6 is 0 Å². The van der Waals surface area contributed by atoms with E-state index in [0.717, 1.165) is 37.6 Å². The van der Waals surface area contributed by atoms with E-state index >= 15 is 0 Å². The van der Waals surface area contributed by atoms with Gasteiger partial charge in [0, 0.05) is 43.6 Å². The molecule has 148 valence electrons. The zero-order chi connectivity index (χ0) is 19.5. The van der Waals surface area contributed by atoms with Crippen LogP contribution in [0.3, 0.4) is 0 Å². The van der Waals surface area contributed by atoms with Gasteiger partial charge in [-0.05, 0) is 43.3 Å². The van der Waals surface area contributed by atoms with Crippen LogP contribution in [0.25, 0.3) is 0 Å². The highest BCUT2D eigenvalue weighted by atomic mass is 16.7. The maximum atomic E-state index is 12.7. The van der Waals surface area contributed by atoms with Crippen molar-refractivity contribution < 1.29 is 19.0 Å². The highest BCUT2D eigenvalue weighted by molar-refractivity contribution is 5.94. The van der Waals surface area contributed by atoms with E-state index < -0.39 is 0 Å². The average molecular weight is 383 g/mol. The van der Waals surface area contributed by atoms with E-state index in [1.807, 2.05) is 31.2 Å². The van der Waals surface area contributed by atoms with Crippen molar-refractivity contribution >= 4 is 17.3 Å². The fraction of sp³-hybridized carbons (Fsp3) is 0.381. The summed E-state index contributed by atoms with van der Waals surface area (Å²) in [5.41, 5.74) is 1.90. The Morgan fingerprint density at radius 2 is 1.75 bits per heavy atom. The van der Waals surface area contributed by atoms with E-state index in [0.29, 0.717) is 11.5 Å². The maximum Gasteiger partial charge on any atom is 0.241 e. The van der Waals surface area contributed by atoms with E-state index in [2.05, 4.69) is 27.2 Å². The molecule has 7 nitrogen and oxygen atoms in total. The Hall–Kier alpha value is -2.93. The van der Waals surface area contributed by atoms with Crippen LogP contribution in [0.5, 0.6) is 17.2 Å². The van der Waals surface area contributed by atoms with Gasteiger partial charge in [0.25, 0.3) is 0 Å². The van der Waals surface area contributed by atoms with Gasteiger partial charge in [0.05, 0.1) is 13.2 Å². The molecule has 1 atom stereocenters. The van der Waals surface area contributed by atoms with Crippen LogP contribution in [0.2, 0.25) is 0 Å². The summed E-state index contributed by atoms with van der Waals surface area (Å²) in [7, 11) is 1.67. The monoisotopic (exact) mass is 383 g/mol. The molecule has 0 saturated carbocycles. The van der Waals surface area contributed by atoms with Gasteiger partial charge in [0.2, 0.25) is 12.7 Å². The lowest BCUT2D eigenvalue weighted by molar-refractivity contribution is -0.120. The summed E-state index contributed by atoms with van der Waals surface area (Å²) in [6.07, 6.45) is 0. The van der Waals surface area contributed by atoms with Gasteiger partial charge in [-0.25, -0.2) is 0 Å². The number of methoxy groups -OCH3 is 1. The molecular weight excluding hydrogens is 358 g/mol. The Morgan fingerprint density at radius 3 is 2.46 bits per heavy atom. The standard InChI is InChI=1S/C21H25N3O4/c1-15(21(25)22-16-3-8-19-20(13-16)28-14-27-19)23-9-11-24(12-10-23)17-4-6-18(26-2)7-5-17/h3-8,13,15H,9-12,14H2,1-2H3,(H,22,25)/t15-/m0/s1. The van der Waals surface area contributed by atoms with E-state index in [1.165, 1.54) is 5.69 Å². The number of ether oxygens (including phenoxy) is 3. The number of anilines is 2. The Kier molecular flexibility index (Phi) is 5.25. The fourth-order valence-corrected chi connectivity index (χ4v) is 3.55. The molecule has 2 heterocycles. The van der Waals surface area contributed by atoms with Crippen molar-refractivity contribution in [2.75, 3.05) is 50.3 Å². The number of benzene rings is 2. The number of hydrogen-bond donors (Lipinski definition) is 1. The van der Waals surface area contributed by atoms with Crippen LogP contribution in [0.15, 0.2) is 42.5 Å². The molecule has 0 radical (unpaired) electrons. The van der Waals surface area contributed by atoms with Crippen LogP contribution in [0.1, 0.15) is 6.92 Å². The van der Waals surface area contributed by atoms with Crippen LogP contribution in [0.4, 0.5) is 11.4 Å². The number of nitrogens with one attached hydrogen (secondary N) is 1. The first-order valence-corrected chi connectivity index (χ1v) is 9.47. The normalized spacial score (nSPS) is 17.3. The number of carbonyl (C=O) groups excluding carboxylic acids is 1. The molecule has 4 rings (SSSR count). The summed E-state index contributed by atoms with van der Waals surface area (Å²) in [6.45, 7) is 5.61. The van der Waals surface area contributed by atoms with Gasteiger partial charge in [-0.3, -0.25) is 9.69 Å². The van der Waals surface area contributed by atoms with Gasteiger partial charge in [-0.2, -0.15) is 0 Å². The number of fused-ring (bicyclic) bond motifs is 1. The molecule has 2 aromatic rings. The van der Waals surface area contributed by atoms with E-state index in [4.69, 9.17) is 14.2 Å². The molecule has 2 aromatic carbocycles. The number of amides is 1. The van der Waals surface area contributed by atoms with Gasteiger partial charge in [-0.15, -0.1) is 0 Å². The van der Waals surface area contributed by atoms with Crippen molar-refractivity contribution in [3.05, 3.63) is 42.5 Å². The number of piperazine rings is 1. The van der Waals surface area contributed by atoms with Crippen molar-refractivity contribution in [2.24, 2.45) is 0 Å².